The zero-order valence-corrected chi connectivity index (χ0v) is 40.2. The van der Waals surface area contributed by atoms with Crippen LogP contribution in [0.1, 0.15) is 0 Å². The van der Waals surface area contributed by atoms with Gasteiger partial charge in [-0.25, -0.2) is 30.4 Å². The number of anilines is 3. The quantitative estimate of drug-likeness (QED) is 0.0592. The van der Waals surface area contributed by atoms with Crippen molar-refractivity contribution in [1.82, 2.24) is 15.0 Å². The molecule has 260 valence electrons. The Morgan fingerprint density at radius 1 is 0.636 bits per heavy atom. The van der Waals surface area contributed by atoms with Crippen LogP contribution in [0.2, 0.25) is 5.28 Å². The Morgan fingerprint density at radius 3 is 1.82 bits per heavy atom. The molecule has 55 heavy (non-hydrogen) atoms. The topological polar surface area (TPSA) is 298 Å². The molecule has 3 N–H and O–H groups in total. The number of nitrogens with zero attached hydrogens (tertiary/aromatic N) is 7. The molecule has 6 rings (SSSR count). The van der Waals surface area contributed by atoms with Crippen molar-refractivity contribution in [3.63, 3.8) is 0 Å². The van der Waals surface area contributed by atoms with Crippen LogP contribution in [0.15, 0.2) is 114 Å². The van der Waals surface area contributed by atoms with Crippen LogP contribution in [0.25, 0.3) is 21.5 Å². The molecule has 5 aromatic carbocycles. The monoisotopic (exact) mass is 857 g/mol. The Labute approximate surface area is 406 Å². The van der Waals surface area contributed by atoms with E-state index in [1.807, 2.05) is 0 Å². The van der Waals surface area contributed by atoms with Crippen LogP contribution in [0.3, 0.4) is 0 Å². The number of nitrogens with two attached hydrogens (primary N) is 1. The van der Waals surface area contributed by atoms with Gasteiger partial charge in [-0.2, -0.15) is 38.3 Å². The van der Waals surface area contributed by atoms with E-state index in [2.05, 4.69) is 46.8 Å². The van der Waals surface area contributed by atoms with Gasteiger partial charge in [0.1, 0.15) is 30.4 Å². The Kier molecular flexibility index (Phi) is 18.0. The smallest absolute Gasteiger partial charge is 0.746 e. The number of hydrogen-bond acceptors (Lipinski definition) is 18. The van der Waals surface area contributed by atoms with Gasteiger partial charge in [0, 0.05) is 21.5 Å². The average molecular weight is 858 g/mol. The normalized spacial score (nSPS) is 11.8. The molecule has 0 aliphatic rings. The van der Waals surface area contributed by atoms with Gasteiger partial charge in [0.15, 0.2) is 0 Å². The first kappa shape index (κ1) is 49.6. The predicted octanol–water partition coefficient (Wildman–Crippen LogP) is -6.48. The summed E-state index contributed by atoms with van der Waals surface area (Å²) in [7, 11) is -14.9. The molecule has 0 bridgehead atoms. The number of nitrogens with one attached hydrogen (secondary N) is 1. The van der Waals surface area contributed by atoms with E-state index in [1.54, 1.807) is 0 Å². The van der Waals surface area contributed by atoms with Crippen molar-refractivity contribution in [2.75, 3.05) is 11.1 Å². The molecule has 0 radical (unpaired) electrons. The summed E-state index contributed by atoms with van der Waals surface area (Å²) in [5.41, 5.74) is 5.50. The summed E-state index contributed by atoms with van der Waals surface area (Å²) in [5.74, 6) is -0.386. The maximum Gasteiger partial charge on any atom is 1.00 e. The van der Waals surface area contributed by atoms with Crippen LogP contribution in [0.4, 0.5) is 40.3 Å². The summed E-state index contributed by atoms with van der Waals surface area (Å²) < 4.78 is 108. The van der Waals surface area contributed by atoms with E-state index < -0.39 is 45.0 Å². The third-order valence-corrected chi connectivity index (χ3v) is 9.72. The third kappa shape index (κ3) is 11.8. The van der Waals surface area contributed by atoms with E-state index >= 15 is 0 Å². The van der Waals surface area contributed by atoms with Crippen molar-refractivity contribution in [2.24, 2.45) is 20.5 Å². The Bertz CT molecular complexity index is 2800. The molecular weight excluding hydrogens is 842 g/mol. The zero-order chi connectivity index (χ0) is 36.7. The van der Waals surface area contributed by atoms with Crippen molar-refractivity contribution < 1.29 is 157 Å². The largest absolute Gasteiger partial charge is 1.00 e. The average Bonchev–Trinajstić information content (AvgIpc) is 3.05. The van der Waals surface area contributed by atoms with Crippen molar-refractivity contribution in [2.45, 2.75) is 14.7 Å². The van der Waals surface area contributed by atoms with Gasteiger partial charge >= 0.3 is 118 Å². The van der Waals surface area contributed by atoms with Gasteiger partial charge < -0.3 is 24.7 Å². The minimum Gasteiger partial charge on any atom is -0.746 e. The molecular formula is C29H16ClN9Na4O9S3. The first-order valence-corrected chi connectivity index (χ1v) is 18.4. The van der Waals surface area contributed by atoms with Gasteiger partial charge in [0.2, 0.25) is 17.2 Å². The minimum atomic E-state index is -5.04. The molecule has 0 aliphatic heterocycles. The second-order valence-corrected chi connectivity index (χ2v) is 14.6. The maximum atomic E-state index is 12.3. The SMILES string of the molecule is Nc1nc(Cl)nc(Nc2ccc(N=Nc3ccc(N=Nc4c[c-]ccc4S(=O)(=O)[O-])c4cc(S(=O)(=O)[O-])ccc34)c3cccc(S(=O)(=O)[O-])c23)n1.[Na+].[Na+].[Na+].[Na+]. The van der Waals surface area contributed by atoms with Crippen LogP contribution >= 0.6 is 11.6 Å². The van der Waals surface area contributed by atoms with E-state index in [9.17, 15) is 38.9 Å². The Balaban J connectivity index is 0.00000261. The van der Waals surface area contributed by atoms with Crippen LogP contribution < -0.4 is 129 Å². The molecule has 0 fully saturated rings. The number of fused-ring (bicyclic) bond motifs is 2. The van der Waals surface area contributed by atoms with Gasteiger partial charge in [-0.15, -0.1) is 16.3 Å². The molecule has 1 heterocycles. The number of aromatic nitrogens is 3. The number of nitrogen functional groups attached to an aromatic ring is 1. The Morgan fingerprint density at radius 2 is 1.22 bits per heavy atom. The molecule has 0 atom stereocenters. The summed E-state index contributed by atoms with van der Waals surface area (Å²) in [6.07, 6.45) is 0. The Hall–Kier alpha value is -1.55. The summed E-state index contributed by atoms with van der Waals surface area (Å²) in [6.45, 7) is 0. The fraction of sp³-hybridized carbons (Fsp3) is 0. The second-order valence-electron chi connectivity index (χ2n) is 10.2. The van der Waals surface area contributed by atoms with Crippen molar-refractivity contribution in [1.29, 1.82) is 0 Å². The maximum absolute atomic E-state index is 12.3. The summed E-state index contributed by atoms with van der Waals surface area (Å²) >= 11 is 5.87. The number of halogens is 1. The van der Waals surface area contributed by atoms with Crippen LogP contribution in [0, 0.1) is 6.07 Å². The molecule has 18 nitrogen and oxygen atoms in total. The molecule has 6 aromatic rings. The van der Waals surface area contributed by atoms with E-state index in [-0.39, 0.29) is 185 Å². The standard InChI is InChI=1S/C29H19ClN9O9S3.4Na/c30-27-33-28(31)35-29(34-27)32-23-13-12-20(17-4-3-7-25(26(17)23)51(46,47)48)37-36-19-10-11-21(18-14-15(49(40,41)42)8-9-16(18)19)38-39-22-5-1-2-6-24(22)50(43,44)45;;;;/h2-14H,(H,40,41,42)(H,43,44,45)(H,46,47,48)(H3,31,32,33,34,35);;;;/q-1;4*+1/p-3. The molecule has 0 saturated carbocycles. The van der Waals surface area contributed by atoms with E-state index in [4.69, 9.17) is 17.3 Å². The third-order valence-electron chi connectivity index (χ3n) is 6.96. The fourth-order valence-corrected chi connectivity index (χ4v) is 6.81. The van der Waals surface area contributed by atoms with Crippen LogP contribution in [-0.2, 0) is 30.4 Å². The number of hydrogen-bond donors (Lipinski definition) is 2. The zero-order valence-electron chi connectivity index (χ0n) is 29.0. The number of azo groups is 2. The minimum absolute atomic E-state index is 0. The molecule has 0 spiro atoms. The van der Waals surface area contributed by atoms with E-state index in [1.165, 1.54) is 48.5 Å². The molecule has 1 aromatic heterocycles. The number of rotatable bonds is 9. The molecule has 0 aliphatic carbocycles. The molecule has 0 amide bonds. The molecule has 0 saturated heterocycles. The molecule has 0 unspecified atom stereocenters. The van der Waals surface area contributed by atoms with E-state index in [0.717, 1.165) is 30.3 Å². The van der Waals surface area contributed by atoms with Gasteiger partial charge in [-0.3, -0.25) is 0 Å². The van der Waals surface area contributed by atoms with Gasteiger partial charge in [-0.05, 0) is 64.6 Å². The summed E-state index contributed by atoms with van der Waals surface area (Å²) in [6, 6.07) is 18.6. The summed E-state index contributed by atoms with van der Waals surface area (Å²) in [5, 5.41) is 19.2. The van der Waals surface area contributed by atoms with Crippen molar-refractivity contribution >= 4 is 104 Å². The summed E-state index contributed by atoms with van der Waals surface area (Å²) in [4.78, 5) is 9.55. The van der Waals surface area contributed by atoms with Gasteiger partial charge in [-0.1, -0.05) is 18.2 Å². The predicted molar refractivity (Wildman–Crippen MR) is 178 cm³/mol. The first-order valence-electron chi connectivity index (χ1n) is 13.8. The van der Waals surface area contributed by atoms with Crippen LogP contribution in [-0.4, -0.2) is 53.9 Å². The van der Waals surface area contributed by atoms with Crippen LogP contribution in [0.5, 0.6) is 0 Å². The second kappa shape index (κ2) is 19.9. The van der Waals surface area contributed by atoms with E-state index in [0.29, 0.717) is 0 Å². The van der Waals surface area contributed by atoms with Crippen molar-refractivity contribution in [3.05, 3.63) is 90.2 Å². The first-order chi connectivity index (χ1) is 24.0. The van der Waals surface area contributed by atoms with Gasteiger partial charge in [0.05, 0.1) is 32.5 Å². The fourth-order valence-electron chi connectivity index (χ4n) is 4.84. The number of benzene rings is 5. The van der Waals surface area contributed by atoms with Crippen molar-refractivity contribution in [3.8, 4) is 0 Å². The molecule has 26 heteroatoms. The van der Waals surface area contributed by atoms with Gasteiger partial charge in [0.25, 0.3) is 0 Å².